The molecule has 36 heavy (non-hydrogen) atoms. The van der Waals surface area contributed by atoms with Crippen LogP contribution in [0.1, 0.15) is 52.2 Å². The van der Waals surface area contributed by atoms with Crippen LogP contribution in [0, 0.1) is 19.8 Å². The van der Waals surface area contributed by atoms with E-state index >= 15 is 0 Å². The van der Waals surface area contributed by atoms with Gasteiger partial charge in [-0.25, -0.2) is 13.1 Å². The lowest BCUT2D eigenvalue weighted by molar-refractivity contribution is -0.120. The Kier molecular flexibility index (Phi) is 6.68. The van der Waals surface area contributed by atoms with Crippen LogP contribution >= 0.6 is 0 Å². The van der Waals surface area contributed by atoms with Crippen molar-refractivity contribution < 1.29 is 27.3 Å². The van der Waals surface area contributed by atoms with Crippen LogP contribution in [-0.2, 0) is 14.8 Å². The van der Waals surface area contributed by atoms with Crippen molar-refractivity contribution in [3.8, 4) is 0 Å². The smallest absolute Gasteiger partial charge is 0.264 e. The normalized spacial score (nSPS) is 14.2. The molecule has 0 radical (unpaired) electrons. The second kappa shape index (κ2) is 9.57. The fourth-order valence-electron chi connectivity index (χ4n) is 3.90. The lowest BCUT2D eigenvalue weighted by atomic mass is 10.0. The third-order valence-electron chi connectivity index (χ3n) is 5.95. The van der Waals surface area contributed by atoms with Crippen molar-refractivity contribution in [2.45, 2.75) is 45.1 Å². The molecule has 0 aliphatic carbocycles. The summed E-state index contributed by atoms with van der Waals surface area (Å²) >= 11 is 0. The number of imide groups is 1. The second-order valence-corrected chi connectivity index (χ2v) is 10.7. The highest BCUT2D eigenvalue weighted by atomic mass is 32.2. The van der Waals surface area contributed by atoms with E-state index in [4.69, 9.17) is 4.52 Å². The average Bonchev–Trinajstić information content (AvgIpc) is 3.28. The summed E-state index contributed by atoms with van der Waals surface area (Å²) in [7, 11) is -3.95. The Morgan fingerprint density at radius 2 is 1.58 bits per heavy atom. The zero-order chi connectivity index (χ0) is 26.2. The van der Waals surface area contributed by atoms with Crippen LogP contribution in [0.3, 0.4) is 0 Å². The number of nitrogens with one attached hydrogen (secondary N) is 2. The molecule has 1 aliphatic heterocycles. The molecule has 11 heteroatoms. The third kappa shape index (κ3) is 4.74. The maximum absolute atomic E-state index is 13.2. The predicted molar refractivity (Wildman–Crippen MR) is 132 cm³/mol. The van der Waals surface area contributed by atoms with Crippen LogP contribution < -0.4 is 10.0 Å². The summed E-state index contributed by atoms with van der Waals surface area (Å²) in [5.74, 6) is -1.52. The fraction of sp³-hybridized carbons (Fsp3) is 0.280. The number of aromatic nitrogens is 1. The fourth-order valence-corrected chi connectivity index (χ4v) is 4.95. The lowest BCUT2D eigenvalue weighted by Crippen LogP contribution is -2.47. The Labute approximate surface area is 208 Å². The van der Waals surface area contributed by atoms with Gasteiger partial charge >= 0.3 is 0 Å². The third-order valence-corrected chi connectivity index (χ3v) is 7.30. The van der Waals surface area contributed by atoms with E-state index in [2.05, 4.69) is 15.2 Å². The van der Waals surface area contributed by atoms with Gasteiger partial charge in [0, 0.05) is 11.3 Å². The minimum Gasteiger partial charge on any atom is -0.337 e. The molecule has 0 saturated heterocycles. The molecular formula is C25H26N4O6S. The molecule has 3 amide bonds. The Hall–Kier alpha value is -3.99. The minimum absolute atomic E-state index is 0.0202. The number of aryl methyl sites for hydroxylation is 1. The predicted octanol–water partition coefficient (Wildman–Crippen LogP) is 3.74. The molecule has 0 bridgehead atoms. The molecule has 1 aliphatic rings. The molecule has 2 heterocycles. The molecule has 0 spiro atoms. The highest BCUT2D eigenvalue weighted by Crippen LogP contribution is 2.28. The Morgan fingerprint density at radius 1 is 1.00 bits per heavy atom. The summed E-state index contributed by atoms with van der Waals surface area (Å²) in [6, 6.07) is 11.0. The number of hydrogen-bond acceptors (Lipinski definition) is 7. The van der Waals surface area contributed by atoms with Crippen molar-refractivity contribution >= 4 is 39.3 Å². The van der Waals surface area contributed by atoms with E-state index in [9.17, 15) is 22.8 Å². The van der Waals surface area contributed by atoms with Gasteiger partial charge in [-0.2, -0.15) is 0 Å². The molecule has 188 valence electrons. The molecule has 0 unspecified atom stereocenters. The van der Waals surface area contributed by atoms with Gasteiger partial charge in [0.15, 0.2) is 0 Å². The highest BCUT2D eigenvalue weighted by molar-refractivity contribution is 7.92. The summed E-state index contributed by atoms with van der Waals surface area (Å²) < 4.78 is 32.8. The van der Waals surface area contributed by atoms with Gasteiger partial charge in [-0.3, -0.25) is 19.3 Å². The van der Waals surface area contributed by atoms with Gasteiger partial charge < -0.3 is 9.84 Å². The molecule has 0 fully saturated rings. The van der Waals surface area contributed by atoms with Crippen LogP contribution in [-0.4, -0.2) is 42.2 Å². The van der Waals surface area contributed by atoms with E-state index in [0.717, 1.165) is 4.90 Å². The van der Waals surface area contributed by atoms with E-state index in [1.165, 1.54) is 24.3 Å². The number of rotatable bonds is 8. The monoisotopic (exact) mass is 510 g/mol. The van der Waals surface area contributed by atoms with Gasteiger partial charge in [-0.1, -0.05) is 31.1 Å². The highest BCUT2D eigenvalue weighted by Gasteiger charge is 2.42. The summed E-state index contributed by atoms with van der Waals surface area (Å²) in [5, 5.41) is 6.44. The average molecular weight is 511 g/mol. The SMILES string of the molecule is Cc1noc(NS(=O)(=O)c2ccc(NC(=O)[C@@H](CC(C)C)N3C(=O)c4ccccc4C3=O)cc2)c1C. The molecule has 0 saturated carbocycles. The van der Waals surface area contributed by atoms with Crippen molar-refractivity contribution in [2.24, 2.45) is 5.92 Å². The molecule has 1 atom stereocenters. The zero-order valence-corrected chi connectivity index (χ0v) is 21.0. The standard InChI is InChI=1S/C25H26N4O6S/c1-14(2)13-21(29-24(31)19-7-5-6-8-20(19)25(29)32)22(30)26-17-9-11-18(12-10-17)36(33,34)28-23-15(3)16(4)27-35-23/h5-12,14,21,28H,13H2,1-4H3,(H,26,30)/t21-/m1/s1. The van der Waals surface area contributed by atoms with Gasteiger partial charge in [0.05, 0.1) is 21.7 Å². The summed E-state index contributed by atoms with van der Waals surface area (Å²) in [6.45, 7) is 7.17. The molecular weight excluding hydrogens is 484 g/mol. The molecule has 2 aromatic carbocycles. The Morgan fingerprint density at radius 3 is 2.08 bits per heavy atom. The first kappa shape index (κ1) is 25.1. The maximum Gasteiger partial charge on any atom is 0.264 e. The summed E-state index contributed by atoms with van der Waals surface area (Å²) in [4.78, 5) is 40.1. The quantitative estimate of drug-likeness (QED) is 0.440. The topological polar surface area (TPSA) is 139 Å². The van der Waals surface area contributed by atoms with Crippen LogP contribution in [0.4, 0.5) is 11.6 Å². The molecule has 2 N–H and O–H groups in total. The number of amides is 3. The number of sulfonamides is 1. The van der Waals surface area contributed by atoms with Crippen LogP contribution in [0.15, 0.2) is 57.9 Å². The van der Waals surface area contributed by atoms with Gasteiger partial charge in [-0.05, 0) is 62.6 Å². The van der Waals surface area contributed by atoms with E-state index in [-0.39, 0.29) is 34.2 Å². The second-order valence-electron chi connectivity index (χ2n) is 9.01. The van der Waals surface area contributed by atoms with E-state index in [1.54, 1.807) is 38.1 Å². The summed E-state index contributed by atoms with van der Waals surface area (Å²) in [6.07, 6.45) is 0.267. The maximum atomic E-state index is 13.2. The Bertz CT molecular complexity index is 1410. The number of nitrogens with zero attached hydrogens (tertiary/aromatic N) is 2. The van der Waals surface area contributed by atoms with E-state index in [1.807, 2.05) is 13.8 Å². The van der Waals surface area contributed by atoms with Gasteiger partial charge in [0.25, 0.3) is 21.8 Å². The lowest BCUT2D eigenvalue weighted by Gasteiger charge is -2.26. The number of carbonyl (C=O) groups excluding carboxylic acids is 3. The first-order valence-electron chi connectivity index (χ1n) is 11.3. The molecule has 4 rings (SSSR count). The number of carbonyl (C=O) groups is 3. The molecule has 1 aromatic heterocycles. The minimum atomic E-state index is -3.95. The van der Waals surface area contributed by atoms with Crippen LogP contribution in [0.5, 0.6) is 0 Å². The molecule has 10 nitrogen and oxygen atoms in total. The van der Waals surface area contributed by atoms with Crippen LogP contribution in [0.2, 0.25) is 0 Å². The first-order valence-corrected chi connectivity index (χ1v) is 12.8. The van der Waals surface area contributed by atoms with Crippen molar-refractivity contribution in [1.29, 1.82) is 0 Å². The Balaban J connectivity index is 1.52. The van der Waals surface area contributed by atoms with Crippen molar-refractivity contribution in [2.75, 3.05) is 10.0 Å². The van der Waals surface area contributed by atoms with Crippen molar-refractivity contribution in [3.05, 3.63) is 70.9 Å². The van der Waals surface area contributed by atoms with Gasteiger partial charge in [-0.15, -0.1) is 0 Å². The number of benzene rings is 2. The van der Waals surface area contributed by atoms with Gasteiger partial charge in [0.2, 0.25) is 11.8 Å². The number of anilines is 2. The molecule has 3 aromatic rings. The zero-order valence-electron chi connectivity index (χ0n) is 20.2. The van der Waals surface area contributed by atoms with E-state index < -0.39 is 33.8 Å². The van der Waals surface area contributed by atoms with Gasteiger partial charge in [0.1, 0.15) is 6.04 Å². The largest absolute Gasteiger partial charge is 0.337 e. The number of fused-ring (bicyclic) bond motifs is 1. The summed E-state index contributed by atoms with van der Waals surface area (Å²) in [5.41, 5.74) is 1.99. The van der Waals surface area contributed by atoms with Crippen LogP contribution in [0.25, 0.3) is 0 Å². The first-order chi connectivity index (χ1) is 17.0. The van der Waals surface area contributed by atoms with E-state index in [0.29, 0.717) is 16.9 Å². The van der Waals surface area contributed by atoms with Crippen molar-refractivity contribution in [3.63, 3.8) is 0 Å². The number of hydrogen-bond donors (Lipinski definition) is 2. The van der Waals surface area contributed by atoms with Crippen molar-refractivity contribution in [1.82, 2.24) is 10.1 Å².